The van der Waals surface area contributed by atoms with Crippen LogP contribution in [0.15, 0.2) is 24.3 Å². The van der Waals surface area contributed by atoms with E-state index in [1.165, 1.54) is 6.42 Å². The van der Waals surface area contributed by atoms with Gasteiger partial charge in [-0.05, 0) is 44.1 Å². The molecule has 0 radical (unpaired) electrons. The fourth-order valence-electron chi connectivity index (χ4n) is 3.61. The van der Waals surface area contributed by atoms with Gasteiger partial charge in [-0.3, -0.25) is 4.79 Å². The molecule has 1 saturated heterocycles. The van der Waals surface area contributed by atoms with E-state index in [1.807, 2.05) is 24.3 Å². The molecule has 1 aliphatic rings. The zero-order chi connectivity index (χ0) is 15.6. The Labute approximate surface area is 132 Å². The molecule has 1 amide bonds. The van der Waals surface area contributed by atoms with E-state index in [9.17, 15) is 4.79 Å². The van der Waals surface area contributed by atoms with Crippen molar-refractivity contribution >= 4 is 17.5 Å². The lowest BCUT2D eigenvalue weighted by Gasteiger charge is -2.44. The summed E-state index contributed by atoms with van der Waals surface area (Å²) in [5.41, 5.74) is 6.58. The van der Waals surface area contributed by atoms with Gasteiger partial charge in [-0.25, -0.2) is 0 Å². The van der Waals surface area contributed by atoms with Crippen LogP contribution in [0.1, 0.15) is 38.7 Å². The molecule has 0 aromatic heterocycles. The highest BCUT2D eigenvalue weighted by atomic mass is 35.5. The predicted octanol–water partition coefficient (Wildman–Crippen LogP) is 3.20. The zero-order valence-corrected chi connectivity index (χ0v) is 13.9. The van der Waals surface area contributed by atoms with Gasteiger partial charge in [-0.1, -0.05) is 44.0 Å². The average molecular weight is 309 g/mol. The molecule has 1 aliphatic heterocycles. The molecule has 21 heavy (non-hydrogen) atoms. The van der Waals surface area contributed by atoms with Crippen LogP contribution in [0.5, 0.6) is 0 Å². The van der Waals surface area contributed by atoms with Gasteiger partial charge in [0.1, 0.15) is 0 Å². The molecular formula is C17H25ClN2O. The van der Waals surface area contributed by atoms with Crippen molar-refractivity contribution in [1.29, 1.82) is 0 Å². The number of benzene rings is 1. The van der Waals surface area contributed by atoms with Crippen LogP contribution in [-0.2, 0) is 10.2 Å². The number of hydrogen-bond acceptors (Lipinski definition) is 2. The number of hydrogen-bond donors (Lipinski definition) is 1. The quantitative estimate of drug-likeness (QED) is 0.928. The summed E-state index contributed by atoms with van der Waals surface area (Å²) < 4.78 is 0. The fourth-order valence-corrected chi connectivity index (χ4v) is 3.73. The molecule has 1 aromatic carbocycles. The first-order chi connectivity index (χ1) is 9.84. The van der Waals surface area contributed by atoms with Crippen LogP contribution >= 0.6 is 11.6 Å². The Bertz CT molecular complexity index is 498. The average Bonchev–Trinajstić information content (AvgIpc) is 2.41. The molecule has 4 heteroatoms. The monoisotopic (exact) mass is 308 g/mol. The summed E-state index contributed by atoms with van der Waals surface area (Å²) in [6, 6.07) is 7.96. The van der Waals surface area contributed by atoms with Gasteiger partial charge >= 0.3 is 0 Å². The number of primary amides is 1. The van der Waals surface area contributed by atoms with E-state index in [0.29, 0.717) is 5.02 Å². The summed E-state index contributed by atoms with van der Waals surface area (Å²) in [4.78, 5) is 14.5. The predicted molar refractivity (Wildman–Crippen MR) is 87.4 cm³/mol. The van der Waals surface area contributed by atoms with Gasteiger partial charge in [0, 0.05) is 16.5 Å². The maximum absolute atomic E-state index is 12.2. The first-order valence-electron chi connectivity index (χ1n) is 7.59. The molecule has 0 spiro atoms. The third-order valence-electron chi connectivity index (χ3n) is 4.88. The van der Waals surface area contributed by atoms with Crippen LogP contribution in [0.4, 0.5) is 0 Å². The molecule has 2 unspecified atom stereocenters. The summed E-state index contributed by atoms with van der Waals surface area (Å²) in [5.74, 6) is -0.419. The number of amides is 1. The Hall–Kier alpha value is -1.06. The molecule has 116 valence electrons. The van der Waals surface area contributed by atoms with Gasteiger partial charge in [0.15, 0.2) is 0 Å². The SMILES string of the molecule is CN1CCCCC1C(C(N)=O)C(C)(C)c1ccc(Cl)cc1. The second kappa shape index (κ2) is 6.37. The Kier molecular flexibility index (Phi) is 4.95. The van der Waals surface area contributed by atoms with Crippen molar-refractivity contribution in [3.63, 3.8) is 0 Å². The molecule has 0 saturated carbocycles. The highest BCUT2D eigenvalue weighted by Gasteiger charge is 2.42. The van der Waals surface area contributed by atoms with Crippen LogP contribution in [0.2, 0.25) is 5.02 Å². The van der Waals surface area contributed by atoms with Crippen LogP contribution in [0, 0.1) is 5.92 Å². The summed E-state index contributed by atoms with van der Waals surface area (Å²) in [6.45, 7) is 5.24. The second-order valence-electron chi connectivity index (χ2n) is 6.65. The van der Waals surface area contributed by atoms with E-state index in [4.69, 9.17) is 17.3 Å². The van der Waals surface area contributed by atoms with Gasteiger partial charge in [0.25, 0.3) is 0 Å². The molecule has 2 N–H and O–H groups in total. The number of nitrogens with zero attached hydrogens (tertiary/aromatic N) is 1. The van der Waals surface area contributed by atoms with Crippen LogP contribution in [0.25, 0.3) is 0 Å². The van der Waals surface area contributed by atoms with Crippen LogP contribution < -0.4 is 5.73 Å². The van der Waals surface area contributed by atoms with E-state index in [-0.39, 0.29) is 23.3 Å². The van der Waals surface area contributed by atoms with Gasteiger partial charge in [-0.2, -0.15) is 0 Å². The smallest absolute Gasteiger partial charge is 0.222 e. The van der Waals surface area contributed by atoms with Gasteiger partial charge in [0.05, 0.1) is 5.92 Å². The van der Waals surface area contributed by atoms with Gasteiger partial charge in [-0.15, -0.1) is 0 Å². The Morgan fingerprint density at radius 3 is 2.48 bits per heavy atom. The minimum absolute atomic E-state index is 0.205. The minimum atomic E-state index is -0.313. The van der Waals surface area contributed by atoms with Crippen molar-refractivity contribution in [3.8, 4) is 0 Å². The van der Waals surface area contributed by atoms with Crippen molar-refractivity contribution in [3.05, 3.63) is 34.9 Å². The topological polar surface area (TPSA) is 46.3 Å². The van der Waals surface area contributed by atoms with Gasteiger partial charge in [0.2, 0.25) is 5.91 Å². The van der Waals surface area contributed by atoms with E-state index < -0.39 is 0 Å². The lowest BCUT2D eigenvalue weighted by atomic mass is 9.68. The Morgan fingerprint density at radius 2 is 1.95 bits per heavy atom. The molecule has 0 bridgehead atoms. The highest BCUT2D eigenvalue weighted by Crippen LogP contribution is 2.38. The van der Waals surface area contributed by atoms with Crippen molar-refractivity contribution in [2.24, 2.45) is 11.7 Å². The third kappa shape index (κ3) is 3.41. The Morgan fingerprint density at radius 1 is 1.33 bits per heavy atom. The number of piperidine rings is 1. The molecule has 1 aromatic rings. The van der Waals surface area contributed by atoms with Crippen molar-refractivity contribution in [2.45, 2.75) is 44.6 Å². The van der Waals surface area contributed by atoms with E-state index in [2.05, 4.69) is 25.8 Å². The van der Waals surface area contributed by atoms with E-state index >= 15 is 0 Å². The van der Waals surface area contributed by atoms with Gasteiger partial charge < -0.3 is 10.6 Å². The molecule has 3 nitrogen and oxygen atoms in total. The summed E-state index contributed by atoms with van der Waals surface area (Å²) in [7, 11) is 2.09. The molecule has 1 fully saturated rings. The molecular weight excluding hydrogens is 284 g/mol. The first kappa shape index (κ1) is 16.3. The number of rotatable bonds is 4. The largest absolute Gasteiger partial charge is 0.369 e. The summed E-state index contributed by atoms with van der Waals surface area (Å²) in [6.07, 6.45) is 3.39. The van der Waals surface area contributed by atoms with E-state index in [0.717, 1.165) is 24.9 Å². The lowest BCUT2D eigenvalue weighted by Crippen LogP contribution is -2.53. The number of likely N-dealkylation sites (tertiary alicyclic amines) is 1. The molecule has 1 heterocycles. The standard InChI is InChI=1S/C17H25ClN2O/c1-17(2,12-7-9-13(18)10-8-12)15(16(19)21)14-6-4-5-11-20(14)3/h7-10,14-15H,4-6,11H2,1-3H3,(H2,19,21). The maximum Gasteiger partial charge on any atom is 0.222 e. The normalized spacial score (nSPS) is 22.0. The van der Waals surface area contributed by atoms with Crippen LogP contribution in [-0.4, -0.2) is 30.4 Å². The number of carbonyl (C=O) groups excluding carboxylic acids is 1. The second-order valence-corrected chi connectivity index (χ2v) is 7.09. The first-order valence-corrected chi connectivity index (χ1v) is 7.97. The molecule has 2 rings (SSSR count). The third-order valence-corrected chi connectivity index (χ3v) is 5.14. The molecule has 2 atom stereocenters. The minimum Gasteiger partial charge on any atom is -0.369 e. The number of nitrogens with two attached hydrogens (primary N) is 1. The lowest BCUT2D eigenvalue weighted by molar-refractivity contribution is -0.127. The number of halogens is 1. The van der Waals surface area contributed by atoms with E-state index in [1.54, 1.807) is 0 Å². The fraction of sp³-hybridized carbons (Fsp3) is 0.588. The van der Waals surface area contributed by atoms with Crippen molar-refractivity contribution in [2.75, 3.05) is 13.6 Å². The molecule has 0 aliphatic carbocycles. The van der Waals surface area contributed by atoms with Crippen molar-refractivity contribution in [1.82, 2.24) is 4.90 Å². The number of carbonyl (C=O) groups is 1. The maximum atomic E-state index is 12.2. The summed E-state index contributed by atoms with van der Waals surface area (Å²) in [5, 5.41) is 0.708. The van der Waals surface area contributed by atoms with Crippen molar-refractivity contribution < 1.29 is 4.79 Å². The summed E-state index contributed by atoms with van der Waals surface area (Å²) >= 11 is 5.98. The Balaban J connectivity index is 2.35. The van der Waals surface area contributed by atoms with Crippen LogP contribution in [0.3, 0.4) is 0 Å². The highest BCUT2D eigenvalue weighted by molar-refractivity contribution is 6.30. The zero-order valence-electron chi connectivity index (χ0n) is 13.1.